The first kappa shape index (κ1) is 13.2. The Bertz CT molecular complexity index is 350. The largest absolute Gasteiger partial charge is 0.355 e. The van der Waals surface area contributed by atoms with Crippen LogP contribution in [0.4, 0.5) is 0 Å². The molecular weight excluding hydrogens is 272 g/mol. The first-order chi connectivity index (χ1) is 7.52. The van der Waals surface area contributed by atoms with Gasteiger partial charge in [0.15, 0.2) is 0 Å². The summed E-state index contributed by atoms with van der Waals surface area (Å²) in [5.41, 5.74) is 0. The molecule has 1 aromatic heterocycles. The number of carbonyl (C=O) groups is 1. The van der Waals surface area contributed by atoms with Crippen LogP contribution in [0.25, 0.3) is 0 Å². The first-order valence-corrected chi connectivity index (χ1v) is 6.18. The molecule has 0 aromatic carbocycles. The maximum atomic E-state index is 11.6. The van der Waals surface area contributed by atoms with Crippen molar-refractivity contribution in [2.75, 3.05) is 6.54 Å². The summed E-state index contributed by atoms with van der Waals surface area (Å²) in [5, 5.41) is 10.6. The van der Waals surface area contributed by atoms with Crippen LogP contribution in [0.3, 0.4) is 0 Å². The standard InChI is InChI=1S/C10H17BrN4O/c1-7(2)9(11)10(16)12-5-4-8-14-13-6-15(8)3/h6-7,9H,4-5H2,1-3H3,(H,12,16). The van der Waals surface area contributed by atoms with Crippen LogP contribution in [0.1, 0.15) is 19.7 Å². The van der Waals surface area contributed by atoms with Gasteiger partial charge in [-0.05, 0) is 5.92 Å². The molecule has 90 valence electrons. The highest BCUT2D eigenvalue weighted by Crippen LogP contribution is 2.11. The van der Waals surface area contributed by atoms with Crippen molar-refractivity contribution in [1.82, 2.24) is 20.1 Å². The van der Waals surface area contributed by atoms with Gasteiger partial charge in [0.25, 0.3) is 0 Å². The molecule has 1 heterocycles. The predicted octanol–water partition coefficient (Wildman–Crippen LogP) is 0.893. The van der Waals surface area contributed by atoms with Crippen LogP contribution in [0.5, 0.6) is 0 Å². The van der Waals surface area contributed by atoms with Gasteiger partial charge in [0.05, 0.1) is 4.83 Å². The van der Waals surface area contributed by atoms with Crippen LogP contribution in [0.2, 0.25) is 0 Å². The molecule has 0 aliphatic rings. The molecule has 1 aromatic rings. The van der Waals surface area contributed by atoms with Crippen LogP contribution in [0.15, 0.2) is 6.33 Å². The van der Waals surface area contributed by atoms with E-state index < -0.39 is 0 Å². The highest BCUT2D eigenvalue weighted by Gasteiger charge is 2.17. The number of aryl methyl sites for hydroxylation is 1. The van der Waals surface area contributed by atoms with Gasteiger partial charge >= 0.3 is 0 Å². The minimum absolute atomic E-state index is 0.0252. The molecule has 0 radical (unpaired) electrons. The van der Waals surface area contributed by atoms with E-state index in [4.69, 9.17) is 0 Å². The normalized spacial score (nSPS) is 12.8. The van der Waals surface area contributed by atoms with Crippen molar-refractivity contribution >= 4 is 21.8 Å². The van der Waals surface area contributed by atoms with E-state index in [0.29, 0.717) is 13.0 Å². The molecule has 0 spiro atoms. The molecule has 16 heavy (non-hydrogen) atoms. The molecule has 1 unspecified atom stereocenters. The van der Waals surface area contributed by atoms with E-state index in [0.717, 1.165) is 5.82 Å². The maximum absolute atomic E-state index is 11.6. The van der Waals surface area contributed by atoms with Gasteiger partial charge in [0, 0.05) is 20.0 Å². The zero-order valence-electron chi connectivity index (χ0n) is 9.77. The van der Waals surface area contributed by atoms with Crippen LogP contribution in [-0.4, -0.2) is 32.0 Å². The summed E-state index contributed by atoms with van der Waals surface area (Å²) in [6, 6.07) is 0. The molecule has 0 saturated heterocycles. The number of nitrogens with one attached hydrogen (secondary N) is 1. The topological polar surface area (TPSA) is 59.8 Å². The van der Waals surface area contributed by atoms with Gasteiger partial charge in [-0.2, -0.15) is 0 Å². The molecule has 0 aliphatic carbocycles. The van der Waals surface area contributed by atoms with Gasteiger partial charge in [-0.15, -0.1) is 10.2 Å². The molecule has 0 saturated carbocycles. The van der Waals surface area contributed by atoms with Crippen LogP contribution in [0, 0.1) is 5.92 Å². The Morgan fingerprint density at radius 3 is 2.81 bits per heavy atom. The molecule has 0 bridgehead atoms. The lowest BCUT2D eigenvalue weighted by atomic mass is 10.1. The Hall–Kier alpha value is -0.910. The van der Waals surface area contributed by atoms with Crippen molar-refractivity contribution in [3.63, 3.8) is 0 Å². The Kier molecular flexibility index (Phi) is 4.92. The smallest absolute Gasteiger partial charge is 0.234 e. The van der Waals surface area contributed by atoms with Gasteiger partial charge in [-0.3, -0.25) is 4.79 Å². The van der Waals surface area contributed by atoms with Crippen LogP contribution >= 0.6 is 15.9 Å². The third kappa shape index (κ3) is 3.59. The molecule has 0 aliphatic heterocycles. The molecule has 5 nitrogen and oxygen atoms in total. The van der Waals surface area contributed by atoms with Gasteiger partial charge < -0.3 is 9.88 Å². The Labute approximate surface area is 104 Å². The highest BCUT2D eigenvalue weighted by molar-refractivity contribution is 9.10. The Morgan fingerprint density at radius 1 is 1.62 bits per heavy atom. The maximum Gasteiger partial charge on any atom is 0.234 e. The number of nitrogens with zero attached hydrogens (tertiary/aromatic N) is 3. The number of halogens is 1. The van der Waals surface area contributed by atoms with Gasteiger partial charge in [0.1, 0.15) is 12.2 Å². The number of hydrogen-bond acceptors (Lipinski definition) is 3. The van der Waals surface area contributed by atoms with Crippen molar-refractivity contribution in [3.05, 3.63) is 12.2 Å². The number of amides is 1. The van der Waals surface area contributed by atoms with Crippen molar-refractivity contribution in [2.45, 2.75) is 25.1 Å². The van der Waals surface area contributed by atoms with E-state index in [1.807, 2.05) is 25.5 Å². The summed E-state index contributed by atoms with van der Waals surface area (Å²) in [5.74, 6) is 1.18. The molecule has 1 amide bonds. The van der Waals surface area contributed by atoms with Crippen LogP contribution < -0.4 is 5.32 Å². The summed E-state index contributed by atoms with van der Waals surface area (Å²) in [6.45, 7) is 4.59. The monoisotopic (exact) mass is 288 g/mol. The summed E-state index contributed by atoms with van der Waals surface area (Å²) in [6.07, 6.45) is 2.35. The zero-order valence-corrected chi connectivity index (χ0v) is 11.4. The van der Waals surface area contributed by atoms with E-state index >= 15 is 0 Å². The van der Waals surface area contributed by atoms with Crippen LogP contribution in [-0.2, 0) is 18.3 Å². The lowest BCUT2D eigenvalue weighted by molar-refractivity contribution is -0.121. The fourth-order valence-electron chi connectivity index (χ4n) is 1.23. The SMILES string of the molecule is CC(C)C(Br)C(=O)NCCc1nncn1C. The second-order valence-corrected chi connectivity index (χ2v) is 5.03. The first-order valence-electron chi connectivity index (χ1n) is 5.27. The predicted molar refractivity (Wildman–Crippen MR) is 65.3 cm³/mol. The summed E-state index contributed by atoms with van der Waals surface area (Å²) in [4.78, 5) is 11.5. The molecular formula is C10H17BrN4O. The average molecular weight is 289 g/mol. The lowest BCUT2D eigenvalue weighted by Gasteiger charge is -2.13. The highest BCUT2D eigenvalue weighted by atomic mass is 79.9. The zero-order chi connectivity index (χ0) is 12.1. The van der Waals surface area contributed by atoms with E-state index in [1.165, 1.54) is 0 Å². The van der Waals surface area contributed by atoms with E-state index in [9.17, 15) is 4.79 Å². The number of hydrogen-bond donors (Lipinski definition) is 1. The van der Waals surface area contributed by atoms with Crippen molar-refractivity contribution in [3.8, 4) is 0 Å². The minimum Gasteiger partial charge on any atom is -0.355 e. The van der Waals surface area contributed by atoms with E-state index in [1.54, 1.807) is 6.33 Å². The molecule has 1 rings (SSSR count). The van der Waals surface area contributed by atoms with E-state index in [-0.39, 0.29) is 16.7 Å². The average Bonchev–Trinajstić information content (AvgIpc) is 2.63. The Balaban J connectivity index is 2.31. The quantitative estimate of drug-likeness (QED) is 0.819. The van der Waals surface area contributed by atoms with E-state index in [2.05, 4.69) is 31.4 Å². The Morgan fingerprint density at radius 2 is 2.31 bits per heavy atom. The molecule has 1 N–H and O–H groups in total. The molecule has 0 fully saturated rings. The second-order valence-electron chi connectivity index (χ2n) is 4.04. The fraction of sp³-hybridized carbons (Fsp3) is 0.700. The third-order valence-electron chi connectivity index (χ3n) is 2.29. The summed E-state index contributed by atoms with van der Waals surface area (Å²) >= 11 is 3.36. The molecule has 1 atom stereocenters. The number of rotatable bonds is 5. The number of carbonyl (C=O) groups excluding carboxylic acids is 1. The minimum atomic E-state index is -0.132. The second kappa shape index (κ2) is 5.98. The lowest BCUT2D eigenvalue weighted by Crippen LogP contribution is -2.35. The summed E-state index contributed by atoms with van der Waals surface area (Å²) < 4.78 is 1.85. The van der Waals surface area contributed by atoms with Gasteiger partial charge in [-0.1, -0.05) is 29.8 Å². The van der Waals surface area contributed by atoms with Gasteiger partial charge in [-0.25, -0.2) is 0 Å². The molecule has 6 heteroatoms. The number of aromatic nitrogens is 3. The fourth-order valence-corrected chi connectivity index (χ4v) is 1.39. The summed E-state index contributed by atoms with van der Waals surface area (Å²) in [7, 11) is 1.89. The number of alkyl halides is 1. The van der Waals surface area contributed by atoms with Crippen molar-refractivity contribution < 1.29 is 4.79 Å². The van der Waals surface area contributed by atoms with Gasteiger partial charge in [0.2, 0.25) is 5.91 Å². The third-order valence-corrected chi connectivity index (χ3v) is 3.76. The van der Waals surface area contributed by atoms with Crippen molar-refractivity contribution in [2.24, 2.45) is 13.0 Å². The van der Waals surface area contributed by atoms with Crippen molar-refractivity contribution in [1.29, 1.82) is 0 Å².